The number of hydrogen-bond acceptors (Lipinski definition) is 6. The average molecular weight is 360 g/mol. The molecule has 8 heteroatoms. The van der Waals surface area contributed by atoms with E-state index in [2.05, 4.69) is 20.4 Å². The lowest BCUT2D eigenvalue weighted by Gasteiger charge is -2.43. The zero-order chi connectivity index (χ0) is 17.0. The molecule has 1 saturated carbocycles. The van der Waals surface area contributed by atoms with E-state index in [1.807, 2.05) is 6.20 Å². The van der Waals surface area contributed by atoms with Crippen molar-refractivity contribution >= 4 is 22.9 Å². The second-order valence-electron chi connectivity index (χ2n) is 6.91. The first-order valence-corrected chi connectivity index (χ1v) is 9.56. The number of aromatic amines is 1. The van der Waals surface area contributed by atoms with Gasteiger partial charge in [-0.3, -0.25) is 9.89 Å². The van der Waals surface area contributed by atoms with Crippen LogP contribution in [0.2, 0.25) is 0 Å². The molecule has 132 valence electrons. The maximum atomic E-state index is 13.0. The lowest BCUT2D eigenvalue weighted by Crippen LogP contribution is -2.57. The van der Waals surface area contributed by atoms with Gasteiger partial charge in [-0.25, -0.2) is 0 Å². The number of hydrogen-bond donors (Lipinski definition) is 3. The van der Waals surface area contributed by atoms with Crippen molar-refractivity contribution in [1.82, 2.24) is 15.5 Å². The number of aliphatic hydroxyl groups excluding tert-OH is 1. The molecule has 3 N–H and O–H groups in total. The molecule has 2 aromatic heterocycles. The van der Waals surface area contributed by atoms with Gasteiger partial charge in [0.2, 0.25) is 0 Å². The number of thiophene rings is 1. The van der Waals surface area contributed by atoms with Crippen molar-refractivity contribution in [2.24, 2.45) is 5.92 Å². The summed E-state index contributed by atoms with van der Waals surface area (Å²) in [5, 5.41) is 20.2. The van der Waals surface area contributed by atoms with Crippen LogP contribution in [0.5, 0.6) is 5.75 Å². The molecule has 4 heterocycles. The second kappa shape index (κ2) is 5.74. The molecule has 1 aliphatic carbocycles. The Morgan fingerprint density at radius 2 is 2.28 bits per heavy atom. The second-order valence-corrected chi connectivity index (χ2v) is 7.93. The van der Waals surface area contributed by atoms with Crippen molar-refractivity contribution in [2.45, 2.75) is 31.3 Å². The van der Waals surface area contributed by atoms with E-state index in [0.717, 1.165) is 34.7 Å². The van der Waals surface area contributed by atoms with Gasteiger partial charge in [-0.1, -0.05) is 6.42 Å². The van der Waals surface area contributed by atoms with E-state index in [1.165, 1.54) is 17.8 Å². The molecule has 25 heavy (non-hydrogen) atoms. The fourth-order valence-corrected chi connectivity index (χ4v) is 5.30. The molecule has 0 saturated heterocycles. The molecule has 7 nitrogen and oxygen atoms in total. The largest absolute Gasteiger partial charge is 0.488 e. The van der Waals surface area contributed by atoms with Gasteiger partial charge in [0.1, 0.15) is 17.2 Å². The van der Waals surface area contributed by atoms with Gasteiger partial charge < -0.3 is 20.1 Å². The van der Waals surface area contributed by atoms with Crippen LogP contribution in [0.1, 0.15) is 28.9 Å². The lowest BCUT2D eigenvalue weighted by atomic mass is 9.76. The van der Waals surface area contributed by atoms with E-state index >= 15 is 0 Å². The molecule has 1 amide bonds. The summed E-state index contributed by atoms with van der Waals surface area (Å²) < 4.78 is 5.96. The third-order valence-electron chi connectivity index (χ3n) is 5.63. The molecule has 2 atom stereocenters. The number of carbonyl (C=O) groups excluding carboxylic acids is 1. The summed E-state index contributed by atoms with van der Waals surface area (Å²) in [7, 11) is 0. The summed E-state index contributed by atoms with van der Waals surface area (Å²) in [6.45, 7) is 1.26. The molecular formula is C17H20N4O3S. The Kier molecular flexibility index (Phi) is 3.49. The highest BCUT2D eigenvalue weighted by Gasteiger charge is 2.44. The van der Waals surface area contributed by atoms with Crippen molar-refractivity contribution < 1.29 is 14.6 Å². The molecule has 1 fully saturated rings. The number of ether oxygens (including phenoxy) is 1. The first-order valence-electron chi connectivity index (χ1n) is 8.75. The predicted octanol–water partition coefficient (Wildman–Crippen LogP) is 1.61. The Morgan fingerprint density at radius 3 is 2.96 bits per heavy atom. The minimum Gasteiger partial charge on any atom is -0.488 e. The average Bonchev–Trinajstić information content (AvgIpc) is 3.18. The molecule has 2 aromatic rings. The summed E-state index contributed by atoms with van der Waals surface area (Å²) in [6, 6.07) is -0.112. The lowest BCUT2D eigenvalue weighted by molar-refractivity contribution is 0.0875. The Balaban J connectivity index is 1.64. The first-order chi connectivity index (χ1) is 12.3. The Morgan fingerprint density at radius 1 is 1.40 bits per heavy atom. The van der Waals surface area contributed by atoms with E-state index in [4.69, 9.17) is 4.74 Å². The van der Waals surface area contributed by atoms with Crippen LogP contribution < -0.4 is 15.0 Å². The zero-order valence-corrected chi connectivity index (χ0v) is 14.5. The molecule has 5 rings (SSSR count). The minimum absolute atomic E-state index is 0.00539. The summed E-state index contributed by atoms with van der Waals surface area (Å²) >= 11 is 1.44. The number of anilines is 1. The molecule has 0 spiro atoms. The molecule has 2 aliphatic heterocycles. The Hall–Kier alpha value is -2.06. The van der Waals surface area contributed by atoms with E-state index in [0.29, 0.717) is 23.9 Å². The van der Waals surface area contributed by atoms with Crippen LogP contribution in [0.15, 0.2) is 12.4 Å². The standard InChI is InChI=1S/C17H20N4O3S/c22-8-11-12(9-2-1-3-9)20-17(23)16-13-14(24-5-4-21(11)13)15(25-16)10-6-18-19-7-10/h6-7,9,11-12,22H,1-5,8H2,(H,18,19)(H,20,23)/t11-,12-/m0/s1. The highest BCUT2D eigenvalue weighted by Crippen LogP contribution is 2.51. The highest BCUT2D eigenvalue weighted by atomic mass is 32.1. The number of carbonyl (C=O) groups is 1. The Bertz CT molecular complexity index is 799. The van der Waals surface area contributed by atoms with Crippen LogP contribution in [0.3, 0.4) is 0 Å². The van der Waals surface area contributed by atoms with Gasteiger partial charge in [-0.05, 0) is 18.8 Å². The van der Waals surface area contributed by atoms with E-state index in [9.17, 15) is 9.90 Å². The monoisotopic (exact) mass is 360 g/mol. The van der Waals surface area contributed by atoms with Crippen LogP contribution in [0.4, 0.5) is 5.69 Å². The molecular weight excluding hydrogens is 340 g/mol. The van der Waals surface area contributed by atoms with Crippen LogP contribution in [-0.4, -0.2) is 53.1 Å². The number of nitrogens with one attached hydrogen (secondary N) is 2. The highest BCUT2D eigenvalue weighted by molar-refractivity contribution is 7.18. The molecule has 0 bridgehead atoms. The molecule has 0 unspecified atom stereocenters. The third kappa shape index (κ3) is 2.20. The van der Waals surface area contributed by atoms with Crippen LogP contribution in [-0.2, 0) is 0 Å². The number of H-pyrrole nitrogens is 1. The van der Waals surface area contributed by atoms with Crippen molar-refractivity contribution in [2.75, 3.05) is 24.7 Å². The van der Waals surface area contributed by atoms with Crippen LogP contribution >= 0.6 is 11.3 Å². The maximum absolute atomic E-state index is 13.0. The Labute approximate surface area is 149 Å². The van der Waals surface area contributed by atoms with Crippen molar-refractivity contribution in [3.8, 4) is 16.2 Å². The van der Waals surface area contributed by atoms with Gasteiger partial charge in [0, 0.05) is 11.8 Å². The SMILES string of the molecule is O=C1N[C@@H](C2CCC2)[C@H](CO)N2CCOc3c(-c4cn[nH]c4)sc1c32. The predicted molar refractivity (Wildman–Crippen MR) is 94.2 cm³/mol. The number of aromatic nitrogens is 2. The van der Waals surface area contributed by atoms with E-state index in [1.54, 1.807) is 6.20 Å². The van der Waals surface area contributed by atoms with Crippen molar-refractivity contribution in [3.05, 3.63) is 17.3 Å². The van der Waals surface area contributed by atoms with Crippen LogP contribution in [0.25, 0.3) is 10.4 Å². The minimum atomic E-state index is -0.107. The zero-order valence-electron chi connectivity index (χ0n) is 13.7. The normalized spacial score (nSPS) is 25.6. The van der Waals surface area contributed by atoms with Crippen LogP contribution in [0, 0.1) is 5.92 Å². The number of rotatable bonds is 3. The topological polar surface area (TPSA) is 90.5 Å². The summed E-state index contributed by atoms with van der Waals surface area (Å²) in [5.41, 5.74) is 1.75. The molecule has 0 radical (unpaired) electrons. The fourth-order valence-electron chi connectivity index (χ4n) is 4.16. The molecule has 3 aliphatic rings. The summed E-state index contributed by atoms with van der Waals surface area (Å²) in [6.07, 6.45) is 6.99. The first kappa shape index (κ1) is 15.2. The fraction of sp³-hybridized carbons (Fsp3) is 0.529. The third-order valence-corrected chi connectivity index (χ3v) is 6.84. The van der Waals surface area contributed by atoms with Gasteiger partial charge in [0.15, 0.2) is 5.75 Å². The maximum Gasteiger partial charge on any atom is 0.263 e. The number of nitrogens with zero attached hydrogens (tertiary/aromatic N) is 2. The molecule has 0 aromatic carbocycles. The van der Waals surface area contributed by atoms with Gasteiger partial charge in [-0.15, -0.1) is 11.3 Å². The van der Waals surface area contributed by atoms with E-state index < -0.39 is 0 Å². The van der Waals surface area contributed by atoms with Gasteiger partial charge in [-0.2, -0.15) is 5.10 Å². The number of amides is 1. The number of aliphatic hydroxyl groups is 1. The smallest absolute Gasteiger partial charge is 0.263 e. The summed E-state index contributed by atoms with van der Waals surface area (Å²) in [4.78, 5) is 16.7. The van der Waals surface area contributed by atoms with Gasteiger partial charge >= 0.3 is 0 Å². The van der Waals surface area contributed by atoms with Gasteiger partial charge in [0.25, 0.3) is 5.91 Å². The van der Waals surface area contributed by atoms with E-state index in [-0.39, 0.29) is 24.6 Å². The quantitative estimate of drug-likeness (QED) is 0.774. The van der Waals surface area contributed by atoms with Gasteiger partial charge in [0.05, 0.1) is 36.3 Å². The van der Waals surface area contributed by atoms with Crippen molar-refractivity contribution in [1.29, 1.82) is 0 Å². The summed E-state index contributed by atoms with van der Waals surface area (Å²) in [5.74, 6) is 1.14. The van der Waals surface area contributed by atoms with Crippen molar-refractivity contribution in [3.63, 3.8) is 0 Å².